The van der Waals surface area contributed by atoms with Gasteiger partial charge < -0.3 is 10.4 Å². The van der Waals surface area contributed by atoms with Crippen molar-refractivity contribution in [3.8, 4) is 0 Å². The molecule has 0 heterocycles. The summed E-state index contributed by atoms with van der Waals surface area (Å²) in [5.41, 5.74) is 0. The summed E-state index contributed by atoms with van der Waals surface area (Å²) in [5.74, 6) is 1.78. The second-order valence-corrected chi connectivity index (χ2v) is 6.49. The molecule has 4 atom stereocenters. The molecular weight excluding hydrogens is 267 g/mol. The van der Waals surface area contributed by atoms with Crippen LogP contribution in [0, 0.1) is 11.8 Å². The van der Waals surface area contributed by atoms with Crippen LogP contribution in [-0.2, 0) is 4.79 Å². The lowest BCUT2D eigenvalue weighted by Crippen LogP contribution is -2.39. The van der Waals surface area contributed by atoms with Gasteiger partial charge in [-0.05, 0) is 44.2 Å². The first-order valence-corrected chi connectivity index (χ1v) is 8.82. The van der Waals surface area contributed by atoms with Crippen molar-refractivity contribution in [2.75, 3.05) is 13.1 Å². The van der Waals surface area contributed by atoms with Gasteiger partial charge in [-0.1, -0.05) is 49.9 Å². The lowest BCUT2D eigenvalue weighted by Gasteiger charge is -2.21. The Bertz CT molecular complexity index is 249. The number of Topliss-reactive ketones (excluding diaryl/α,β-unsaturated/α-hetero) is 1. The number of nitrogens with one attached hydrogen (secondary N) is 2. The van der Waals surface area contributed by atoms with Crippen LogP contribution in [0.15, 0.2) is 0 Å². The molecule has 0 bridgehead atoms. The largest absolute Gasteiger partial charge is 0.307 e. The number of ketones is 1. The Morgan fingerprint density at radius 1 is 1.15 bits per heavy atom. The molecule has 0 saturated heterocycles. The highest BCUT2D eigenvalue weighted by Crippen LogP contribution is 2.14. The molecular formula is C16H35N2OP. The topological polar surface area (TPSA) is 41.1 Å². The third-order valence-electron chi connectivity index (χ3n) is 4.02. The second kappa shape index (κ2) is 12.7. The molecule has 0 aliphatic carbocycles. The van der Waals surface area contributed by atoms with Gasteiger partial charge in [0, 0.05) is 6.42 Å². The fourth-order valence-electron chi connectivity index (χ4n) is 2.48. The van der Waals surface area contributed by atoms with Gasteiger partial charge in [-0.3, -0.25) is 4.79 Å². The number of unbranched alkanes of at least 4 members (excludes halogenated alkanes) is 1. The number of rotatable bonds is 13. The number of carbonyl (C=O) groups is 1. The van der Waals surface area contributed by atoms with E-state index in [1.165, 1.54) is 12.8 Å². The Labute approximate surface area is 128 Å². The Balaban J connectivity index is 4.05. The summed E-state index contributed by atoms with van der Waals surface area (Å²) in [6, 6.07) is 0.0592. The van der Waals surface area contributed by atoms with Crippen molar-refractivity contribution in [2.24, 2.45) is 11.8 Å². The van der Waals surface area contributed by atoms with E-state index in [0.29, 0.717) is 18.1 Å². The van der Waals surface area contributed by atoms with Crippen LogP contribution in [0.4, 0.5) is 0 Å². The molecule has 2 N–H and O–H groups in total. The summed E-state index contributed by atoms with van der Waals surface area (Å²) in [4.78, 5) is 12.0. The normalized spacial score (nSPS) is 15.8. The number of carbonyl (C=O) groups excluding carboxylic acids is 1. The lowest BCUT2D eigenvalue weighted by molar-refractivity contribution is -0.121. The molecule has 0 aliphatic rings. The maximum absolute atomic E-state index is 12.0. The molecule has 0 amide bonds. The first-order chi connectivity index (χ1) is 9.54. The summed E-state index contributed by atoms with van der Waals surface area (Å²) >= 11 is 0. The van der Waals surface area contributed by atoms with Gasteiger partial charge in [-0.25, -0.2) is 0 Å². The summed E-state index contributed by atoms with van der Waals surface area (Å²) in [5, 5.41) is 6.58. The number of hydrogen-bond donors (Lipinski definition) is 2. The Kier molecular flexibility index (Phi) is 12.8. The molecule has 0 aromatic heterocycles. The summed E-state index contributed by atoms with van der Waals surface area (Å²) in [6.45, 7) is 10.8. The predicted molar refractivity (Wildman–Crippen MR) is 91.9 cm³/mol. The Morgan fingerprint density at radius 3 is 2.40 bits per heavy atom. The Morgan fingerprint density at radius 2 is 1.85 bits per heavy atom. The molecule has 4 heteroatoms. The minimum Gasteiger partial charge on any atom is -0.307 e. The van der Waals surface area contributed by atoms with Crippen LogP contribution in [0.3, 0.4) is 0 Å². The van der Waals surface area contributed by atoms with Crippen molar-refractivity contribution in [3.63, 3.8) is 0 Å². The molecule has 0 aliphatic heterocycles. The van der Waals surface area contributed by atoms with Crippen LogP contribution in [0.2, 0.25) is 0 Å². The first-order valence-electron chi connectivity index (χ1n) is 8.24. The van der Waals surface area contributed by atoms with E-state index < -0.39 is 0 Å². The number of hydrogen-bond acceptors (Lipinski definition) is 3. The van der Waals surface area contributed by atoms with E-state index in [-0.39, 0.29) is 6.04 Å². The highest BCUT2D eigenvalue weighted by atomic mass is 31.0. The molecule has 20 heavy (non-hydrogen) atoms. The van der Waals surface area contributed by atoms with E-state index >= 15 is 0 Å². The van der Waals surface area contributed by atoms with Gasteiger partial charge in [0.1, 0.15) is 5.78 Å². The zero-order valence-corrected chi connectivity index (χ0v) is 15.0. The SMILES string of the molecule is CCC(=O)C(CCCCNP)NCC(C)CC(C)CC. The Hall–Kier alpha value is 0.0200. The molecule has 0 radical (unpaired) electrons. The van der Waals surface area contributed by atoms with Gasteiger partial charge in [0.15, 0.2) is 0 Å². The van der Waals surface area contributed by atoms with Crippen molar-refractivity contribution < 1.29 is 4.79 Å². The van der Waals surface area contributed by atoms with E-state index in [1.54, 1.807) is 0 Å². The molecule has 3 nitrogen and oxygen atoms in total. The molecule has 0 rings (SSSR count). The molecule has 0 aromatic rings. The third kappa shape index (κ3) is 9.85. The molecule has 4 unspecified atom stereocenters. The van der Waals surface area contributed by atoms with Crippen LogP contribution < -0.4 is 10.4 Å². The second-order valence-electron chi connectivity index (χ2n) is 6.08. The van der Waals surface area contributed by atoms with E-state index in [2.05, 4.69) is 40.6 Å². The highest BCUT2D eigenvalue weighted by molar-refractivity contribution is 7.13. The molecule has 0 spiro atoms. The summed E-state index contributed by atoms with van der Waals surface area (Å²) < 4.78 is 0. The third-order valence-corrected chi connectivity index (χ3v) is 4.30. The van der Waals surface area contributed by atoms with Crippen LogP contribution in [-0.4, -0.2) is 24.9 Å². The van der Waals surface area contributed by atoms with Gasteiger partial charge in [-0.2, -0.15) is 0 Å². The van der Waals surface area contributed by atoms with Gasteiger partial charge >= 0.3 is 0 Å². The van der Waals surface area contributed by atoms with E-state index in [0.717, 1.165) is 38.3 Å². The minimum absolute atomic E-state index is 0.0592. The van der Waals surface area contributed by atoms with E-state index in [9.17, 15) is 4.79 Å². The van der Waals surface area contributed by atoms with Crippen LogP contribution in [0.25, 0.3) is 0 Å². The fraction of sp³-hybridized carbons (Fsp3) is 0.938. The molecule has 0 aromatic carbocycles. The van der Waals surface area contributed by atoms with Crippen molar-refractivity contribution >= 4 is 15.2 Å². The minimum atomic E-state index is 0.0592. The standard InChI is InChI=1S/C16H35N2OP/c1-5-13(3)11-14(4)12-17-15(16(19)6-2)9-7-8-10-18-20/h13-15,17-18H,5-12,20H2,1-4H3. The van der Waals surface area contributed by atoms with E-state index in [4.69, 9.17) is 0 Å². The van der Waals surface area contributed by atoms with Crippen LogP contribution >= 0.6 is 9.39 Å². The van der Waals surface area contributed by atoms with Crippen molar-refractivity contribution in [1.82, 2.24) is 10.4 Å². The highest BCUT2D eigenvalue weighted by Gasteiger charge is 2.17. The van der Waals surface area contributed by atoms with Crippen LogP contribution in [0.5, 0.6) is 0 Å². The summed E-state index contributed by atoms with van der Waals surface area (Å²) in [6.07, 6.45) is 6.32. The average molecular weight is 302 g/mol. The molecule has 0 saturated carbocycles. The van der Waals surface area contributed by atoms with Crippen LogP contribution in [0.1, 0.15) is 66.2 Å². The van der Waals surface area contributed by atoms with Gasteiger partial charge in [0.25, 0.3) is 0 Å². The van der Waals surface area contributed by atoms with E-state index in [1.807, 2.05) is 6.92 Å². The van der Waals surface area contributed by atoms with Gasteiger partial charge in [-0.15, -0.1) is 0 Å². The zero-order chi connectivity index (χ0) is 15.4. The summed E-state index contributed by atoms with van der Waals surface area (Å²) in [7, 11) is 2.52. The maximum atomic E-state index is 12.0. The average Bonchev–Trinajstić information content (AvgIpc) is 2.45. The smallest absolute Gasteiger partial charge is 0.149 e. The lowest BCUT2D eigenvalue weighted by atomic mass is 9.94. The monoisotopic (exact) mass is 302 g/mol. The zero-order valence-electron chi connectivity index (χ0n) is 13.9. The van der Waals surface area contributed by atoms with Crippen molar-refractivity contribution in [1.29, 1.82) is 0 Å². The first kappa shape index (κ1) is 20.0. The quantitative estimate of drug-likeness (QED) is 0.404. The van der Waals surface area contributed by atoms with Gasteiger partial charge in [0.2, 0.25) is 0 Å². The van der Waals surface area contributed by atoms with Crippen molar-refractivity contribution in [3.05, 3.63) is 0 Å². The van der Waals surface area contributed by atoms with Gasteiger partial charge in [0.05, 0.1) is 6.04 Å². The molecule has 0 fully saturated rings. The fourth-order valence-corrected chi connectivity index (χ4v) is 2.68. The maximum Gasteiger partial charge on any atom is 0.149 e. The predicted octanol–water partition coefficient (Wildman–Crippen LogP) is 3.55. The molecule has 120 valence electrons. The van der Waals surface area contributed by atoms with Crippen molar-refractivity contribution in [2.45, 2.75) is 72.3 Å².